The molecule has 1 aliphatic heterocycles. The lowest BCUT2D eigenvalue weighted by atomic mass is 9.91. The van der Waals surface area contributed by atoms with E-state index >= 15 is 0 Å². The van der Waals surface area contributed by atoms with Crippen LogP contribution in [0.3, 0.4) is 0 Å². The number of nitrogens with one attached hydrogen (secondary N) is 1. The number of carbonyl (C=O) groups excluding carboxylic acids is 1. The van der Waals surface area contributed by atoms with E-state index in [1.54, 1.807) is 28.4 Å². The predicted octanol–water partition coefficient (Wildman–Crippen LogP) is 6.13. The minimum Gasteiger partial charge on any atom is -0.356 e. The summed E-state index contributed by atoms with van der Waals surface area (Å²) < 4.78 is 15.0. The number of amides is 1. The van der Waals surface area contributed by atoms with Crippen LogP contribution in [0.2, 0.25) is 5.02 Å². The van der Waals surface area contributed by atoms with E-state index in [4.69, 9.17) is 11.6 Å². The molecule has 0 unspecified atom stereocenters. The van der Waals surface area contributed by atoms with Gasteiger partial charge >= 0.3 is 0 Å². The first kappa shape index (κ1) is 19.3. The first-order valence-corrected chi connectivity index (χ1v) is 11.2. The van der Waals surface area contributed by atoms with Crippen molar-refractivity contribution < 1.29 is 9.18 Å². The molecule has 2 aromatic carbocycles. The van der Waals surface area contributed by atoms with E-state index < -0.39 is 11.9 Å². The maximum atomic E-state index is 15.0. The molecule has 0 saturated carbocycles. The Morgan fingerprint density at radius 2 is 2.03 bits per heavy atom. The fourth-order valence-electron chi connectivity index (χ4n) is 4.41. The third kappa shape index (κ3) is 3.32. The van der Waals surface area contributed by atoms with Crippen molar-refractivity contribution in [3.05, 3.63) is 92.5 Å². The van der Waals surface area contributed by atoms with E-state index in [9.17, 15) is 9.18 Å². The zero-order chi connectivity index (χ0) is 20.7. The topological polar surface area (TPSA) is 36.1 Å². The number of fused-ring (bicyclic) bond motifs is 3. The SMILES string of the molecule is O=C(CCc1cccs1)N1CCc2c([nH]c3ccccc23)[C@H]1c1c(F)cccc1Cl. The van der Waals surface area contributed by atoms with Gasteiger partial charge < -0.3 is 9.88 Å². The zero-order valence-corrected chi connectivity index (χ0v) is 17.8. The number of halogens is 2. The van der Waals surface area contributed by atoms with Gasteiger partial charge in [-0.2, -0.15) is 0 Å². The van der Waals surface area contributed by atoms with Crippen molar-refractivity contribution in [2.75, 3.05) is 6.54 Å². The second kappa shape index (κ2) is 7.89. The highest BCUT2D eigenvalue weighted by molar-refractivity contribution is 7.09. The van der Waals surface area contributed by atoms with Gasteiger partial charge in [0.05, 0.1) is 0 Å². The van der Waals surface area contributed by atoms with Crippen LogP contribution < -0.4 is 0 Å². The molecule has 3 heterocycles. The van der Waals surface area contributed by atoms with Crippen LogP contribution in [0.25, 0.3) is 10.9 Å². The van der Waals surface area contributed by atoms with Crippen LogP contribution in [0.15, 0.2) is 60.0 Å². The normalized spacial score (nSPS) is 16.1. The molecule has 1 atom stereocenters. The van der Waals surface area contributed by atoms with Crippen molar-refractivity contribution in [3.63, 3.8) is 0 Å². The second-order valence-electron chi connectivity index (χ2n) is 7.52. The van der Waals surface area contributed by atoms with Crippen molar-refractivity contribution in [1.82, 2.24) is 9.88 Å². The molecule has 1 N–H and O–H groups in total. The highest BCUT2D eigenvalue weighted by atomic mass is 35.5. The van der Waals surface area contributed by atoms with Gasteiger partial charge in [0.15, 0.2) is 0 Å². The van der Waals surface area contributed by atoms with E-state index in [0.29, 0.717) is 30.0 Å². The number of para-hydroxylation sites is 1. The third-order valence-corrected chi connectivity index (χ3v) is 7.06. The fraction of sp³-hybridized carbons (Fsp3) is 0.208. The first-order valence-electron chi connectivity index (χ1n) is 9.98. The van der Waals surface area contributed by atoms with Gasteiger partial charge in [-0.3, -0.25) is 4.79 Å². The van der Waals surface area contributed by atoms with Gasteiger partial charge in [-0.15, -0.1) is 11.3 Å². The van der Waals surface area contributed by atoms with E-state index in [0.717, 1.165) is 28.6 Å². The van der Waals surface area contributed by atoms with Gasteiger partial charge in [-0.05, 0) is 48.1 Å². The Hall–Kier alpha value is -2.63. The Bertz CT molecular complexity index is 1200. The number of thiophene rings is 1. The Morgan fingerprint density at radius 3 is 2.83 bits per heavy atom. The Kier molecular flexibility index (Phi) is 5.09. The molecule has 0 radical (unpaired) electrons. The number of aryl methyl sites for hydroxylation is 1. The molecule has 3 nitrogen and oxygen atoms in total. The average Bonchev–Trinajstić information content (AvgIpc) is 3.39. The van der Waals surface area contributed by atoms with E-state index in [1.165, 1.54) is 10.9 Å². The number of benzene rings is 2. The molecule has 0 fully saturated rings. The van der Waals surface area contributed by atoms with Crippen LogP contribution in [-0.2, 0) is 17.6 Å². The monoisotopic (exact) mass is 438 g/mol. The van der Waals surface area contributed by atoms with Gasteiger partial charge in [0.2, 0.25) is 5.91 Å². The molecular weight excluding hydrogens is 419 g/mol. The van der Waals surface area contributed by atoms with Crippen LogP contribution in [0, 0.1) is 5.82 Å². The van der Waals surface area contributed by atoms with Crippen molar-refractivity contribution in [2.45, 2.75) is 25.3 Å². The Morgan fingerprint density at radius 1 is 1.17 bits per heavy atom. The minimum atomic E-state index is -0.564. The summed E-state index contributed by atoms with van der Waals surface area (Å²) in [5.74, 6) is -0.382. The largest absolute Gasteiger partial charge is 0.356 e. The van der Waals surface area contributed by atoms with Crippen LogP contribution in [0.1, 0.15) is 34.2 Å². The smallest absolute Gasteiger partial charge is 0.223 e. The van der Waals surface area contributed by atoms with E-state index in [-0.39, 0.29) is 5.91 Å². The minimum absolute atomic E-state index is 0.0111. The number of rotatable bonds is 4. The van der Waals surface area contributed by atoms with Gasteiger partial charge in [-0.25, -0.2) is 4.39 Å². The summed E-state index contributed by atoms with van der Waals surface area (Å²) in [5.41, 5.74) is 3.35. The standard InChI is InChI=1S/C24H20ClFN2OS/c25-18-7-3-8-19(26)22(18)24-23-17(16-6-1-2-9-20(16)27-23)12-13-28(24)21(29)11-10-15-5-4-14-30-15/h1-9,14,24,27H,10-13H2/t24-/m1/s1. The Balaban J connectivity index is 1.59. The fourth-order valence-corrected chi connectivity index (χ4v) is 5.39. The quantitative estimate of drug-likeness (QED) is 0.409. The van der Waals surface area contributed by atoms with Crippen LogP contribution in [0.4, 0.5) is 4.39 Å². The number of aromatic amines is 1. The predicted molar refractivity (Wildman–Crippen MR) is 120 cm³/mol. The lowest BCUT2D eigenvalue weighted by Crippen LogP contribution is -2.41. The molecule has 0 saturated heterocycles. The van der Waals surface area contributed by atoms with Crippen molar-refractivity contribution in [1.29, 1.82) is 0 Å². The summed E-state index contributed by atoms with van der Waals surface area (Å²) in [6.45, 7) is 0.535. The second-order valence-corrected chi connectivity index (χ2v) is 8.96. The maximum Gasteiger partial charge on any atom is 0.223 e. The summed E-state index contributed by atoms with van der Waals surface area (Å²) >= 11 is 8.11. The molecular formula is C24H20ClFN2OS. The van der Waals surface area contributed by atoms with Crippen molar-refractivity contribution in [2.24, 2.45) is 0 Å². The van der Waals surface area contributed by atoms with E-state index in [1.807, 2.05) is 35.7 Å². The molecule has 1 aliphatic rings. The summed E-state index contributed by atoms with van der Waals surface area (Å²) in [6.07, 6.45) is 1.80. The molecule has 0 bridgehead atoms. The third-order valence-electron chi connectivity index (χ3n) is 5.79. The van der Waals surface area contributed by atoms with Gasteiger partial charge in [0, 0.05) is 45.0 Å². The maximum absolute atomic E-state index is 15.0. The molecule has 2 aromatic heterocycles. The van der Waals surface area contributed by atoms with Gasteiger partial charge in [-0.1, -0.05) is 41.9 Å². The van der Waals surface area contributed by atoms with Crippen molar-refractivity contribution in [3.8, 4) is 0 Å². The number of hydrogen-bond acceptors (Lipinski definition) is 2. The zero-order valence-electron chi connectivity index (χ0n) is 16.2. The van der Waals surface area contributed by atoms with Crippen molar-refractivity contribution >= 4 is 39.7 Å². The summed E-state index contributed by atoms with van der Waals surface area (Å²) in [6, 6.07) is 16.2. The Labute approximate surface area is 183 Å². The van der Waals surface area contributed by atoms with Crippen LogP contribution in [-0.4, -0.2) is 22.3 Å². The lowest BCUT2D eigenvalue weighted by Gasteiger charge is -2.37. The number of nitrogens with zero attached hydrogens (tertiary/aromatic N) is 1. The molecule has 0 spiro atoms. The highest BCUT2D eigenvalue weighted by Gasteiger charge is 2.36. The molecule has 30 heavy (non-hydrogen) atoms. The highest BCUT2D eigenvalue weighted by Crippen LogP contribution is 2.42. The lowest BCUT2D eigenvalue weighted by molar-refractivity contribution is -0.133. The average molecular weight is 439 g/mol. The van der Waals surface area contributed by atoms with Gasteiger partial charge in [0.25, 0.3) is 0 Å². The summed E-state index contributed by atoms with van der Waals surface area (Å²) in [4.78, 5) is 19.7. The summed E-state index contributed by atoms with van der Waals surface area (Å²) in [7, 11) is 0. The van der Waals surface area contributed by atoms with Crippen LogP contribution in [0.5, 0.6) is 0 Å². The molecule has 152 valence electrons. The van der Waals surface area contributed by atoms with E-state index in [2.05, 4.69) is 11.1 Å². The molecule has 1 amide bonds. The molecule has 5 rings (SSSR count). The number of carbonyl (C=O) groups is 1. The van der Waals surface area contributed by atoms with Crippen LogP contribution >= 0.6 is 22.9 Å². The molecule has 4 aromatic rings. The number of aromatic nitrogens is 1. The number of hydrogen-bond donors (Lipinski definition) is 1. The molecule has 6 heteroatoms. The summed E-state index contributed by atoms with van der Waals surface area (Å²) in [5, 5.41) is 3.47. The number of H-pyrrole nitrogens is 1. The first-order chi connectivity index (χ1) is 14.6. The van der Waals surface area contributed by atoms with Gasteiger partial charge in [0.1, 0.15) is 11.9 Å². The molecule has 0 aliphatic carbocycles.